The Hall–Kier alpha value is -3.15. The van der Waals surface area contributed by atoms with Crippen LogP contribution in [0.2, 0.25) is 0 Å². The van der Waals surface area contributed by atoms with E-state index in [0.29, 0.717) is 17.0 Å². The number of carbonyl (C=O) groups is 1. The number of aliphatic hydroxyl groups excluding tert-OH is 1. The first-order valence-corrected chi connectivity index (χ1v) is 6.89. The number of methoxy groups -OCH3 is 1. The summed E-state index contributed by atoms with van der Waals surface area (Å²) in [6.45, 7) is 0. The quantitative estimate of drug-likeness (QED) is 0.486. The van der Waals surface area contributed by atoms with Gasteiger partial charge in [-0.2, -0.15) is 0 Å². The van der Waals surface area contributed by atoms with Crippen molar-refractivity contribution in [3.8, 4) is 5.75 Å². The topological polar surface area (TPSA) is 88.0 Å². The van der Waals surface area contributed by atoms with Gasteiger partial charge in [-0.1, -0.05) is 30.3 Å². The van der Waals surface area contributed by atoms with Crippen molar-refractivity contribution < 1.29 is 14.6 Å². The molecule has 0 saturated carbocycles. The molecule has 6 nitrogen and oxygen atoms in total. The lowest BCUT2D eigenvalue weighted by atomic mass is 10.1. The van der Waals surface area contributed by atoms with E-state index < -0.39 is 17.4 Å². The van der Waals surface area contributed by atoms with Gasteiger partial charge in [0.1, 0.15) is 11.5 Å². The van der Waals surface area contributed by atoms with Crippen molar-refractivity contribution in [2.75, 3.05) is 12.4 Å². The molecule has 0 bridgehead atoms. The Morgan fingerprint density at radius 1 is 1.17 bits per heavy atom. The third-order valence-corrected chi connectivity index (χ3v) is 3.12. The molecular weight excluding hydrogens is 296 g/mol. The molecule has 0 atom stereocenters. The van der Waals surface area contributed by atoms with E-state index in [0.717, 1.165) is 0 Å². The number of allylic oxidation sites excluding steroid dienone is 1. The number of nitrogens with one attached hydrogen (secondary N) is 1. The van der Waals surface area contributed by atoms with E-state index in [1.54, 1.807) is 54.6 Å². The third-order valence-electron chi connectivity index (χ3n) is 3.12. The molecule has 0 aliphatic heterocycles. The van der Waals surface area contributed by atoms with Crippen LogP contribution in [0.3, 0.4) is 0 Å². The van der Waals surface area contributed by atoms with Crippen molar-refractivity contribution in [1.29, 1.82) is 0 Å². The fourth-order valence-corrected chi connectivity index (χ4v) is 2.00. The highest BCUT2D eigenvalue weighted by Crippen LogP contribution is 2.18. The van der Waals surface area contributed by atoms with E-state index in [1.165, 1.54) is 7.11 Å². The number of benzene rings is 2. The number of ether oxygens (including phenoxy) is 1. The number of rotatable bonds is 6. The van der Waals surface area contributed by atoms with Gasteiger partial charge in [-0.05, 0) is 35.0 Å². The number of hydrogen-bond donors (Lipinski definition) is 2. The molecule has 2 aromatic carbocycles. The van der Waals surface area contributed by atoms with E-state index in [4.69, 9.17) is 4.74 Å². The first kappa shape index (κ1) is 16.2. The first-order chi connectivity index (χ1) is 11.1. The number of carbonyl (C=O) groups excluding carboxylic acids is 1. The number of amides is 1. The predicted octanol–water partition coefficient (Wildman–Crippen LogP) is 3.41. The minimum absolute atomic E-state index is 0.000479. The lowest BCUT2D eigenvalue weighted by molar-refractivity contribution is -0.113. The Balaban J connectivity index is 2.17. The molecule has 0 spiro atoms. The highest BCUT2D eigenvalue weighted by atomic mass is 16.5. The normalized spacial score (nSPS) is 11.3. The summed E-state index contributed by atoms with van der Waals surface area (Å²) in [6.07, 6.45) is 0.000479. The van der Waals surface area contributed by atoms with Gasteiger partial charge in [-0.3, -0.25) is 4.79 Å². The lowest BCUT2D eigenvalue weighted by Crippen LogP contribution is -2.15. The molecule has 2 N–H and O–H groups in total. The Morgan fingerprint density at radius 3 is 2.57 bits per heavy atom. The summed E-state index contributed by atoms with van der Waals surface area (Å²) in [5, 5.41) is 15.2. The van der Waals surface area contributed by atoms with Crippen molar-refractivity contribution in [3.05, 3.63) is 76.5 Å². The number of aliphatic hydroxyl groups is 1. The molecule has 118 valence electrons. The Bertz CT molecular complexity index is 726. The first-order valence-electron chi connectivity index (χ1n) is 6.89. The molecule has 0 unspecified atom stereocenters. The molecule has 2 aromatic rings. The van der Waals surface area contributed by atoms with Gasteiger partial charge in [0.2, 0.25) is 5.70 Å². The Labute approximate surface area is 133 Å². The van der Waals surface area contributed by atoms with Gasteiger partial charge >= 0.3 is 0 Å². The fraction of sp³-hybridized carbons (Fsp3) is 0.118. The molecule has 0 heterocycles. The number of nitroso groups, excluding NO2 is 1. The highest BCUT2D eigenvalue weighted by molar-refractivity contribution is 6.03. The zero-order valence-electron chi connectivity index (χ0n) is 12.5. The number of para-hydroxylation sites is 1. The smallest absolute Gasteiger partial charge is 0.281 e. The second-order valence-corrected chi connectivity index (χ2v) is 4.74. The maximum Gasteiger partial charge on any atom is 0.281 e. The van der Waals surface area contributed by atoms with Crippen LogP contribution < -0.4 is 10.1 Å². The molecule has 6 heteroatoms. The van der Waals surface area contributed by atoms with Crippen molar-refractivity contribution in [2.24, 2.45) is 5.18 Å². The summed E-state index contributed by atoms with van der Waals surface area (Å²) in [7, 11) is 1.53. The van der Waals surface area contributed by atoms with Gasteiger partial charge in [0.05, 0.1) is 7.11 Å². The van der Waals surface area contributed by atoms with Crippen LogP contribution in [0.1, 0.15) is 5.56 Å². The van der Waals surface area contributed by atoms with Gasteiger partial charge in [-0.25, -0.2) is 0 Å². The second kappa shape index (κ2) is 7.74. The summed E-state index contributed by atoms with van der Waals surface area (Å²) >= 11 is 0. The lowest BCUT2D eigenvalue weighted by Gasteiger charge is -2.07. The number of hydrogen-bond acceptors (Lipinski definition) is 5. The molecule has 0 aromatic heterocycles. The molecule has 0 saturated heterocycles. The van der Waals surface area contributed by atoms with Gasteiger partial charge in [-0.15, -0.1) is 4.91 Å². The van der Waals surface area contributed by atoms with E-state index in [2.05, 4.69) is 10.5 Å². The average Bonchev–Trinajstić information content (AvgIpc) is 2.56. The van der Waals surface area contributed by atoms with Crippen LogP contribution in [0.15, 0.2) is 71.2 Å². The second-order valence-electron chi connectivity index (χ2n) is 4.74. The fourth-order valence-electron chi connectivity index (χ4n) is 2.00. The minimum Gasteiger partial charge on any atom is -0.509 e. The zero-order valence-corrected chi connectivity index (χ0v) is 12.5. The third kappa shape index (κ3) is 4.41. The summed E-state index contributed by atoms with van der Waals surface area (Å²) in [5.41, 5.74) is 0.653. The van der Waals surface area contributed by atoms with Crippen molar-refractivity contribution in [2.45, 2.75) is 6.42 Å². The highest BCUT2D eigenvalue weighted by Gasteiger charge is 2.17. The molecule has 0 fully saturated rings. The van der Waals surface area contributed by atoms with E-state index >= 15 is 0 Å². The van der Waals surface area contributed by atoms with Crippen LogP contribution in [0.4, 0.5) is 5.69 Å². The van der Waals surface area contributed by atoms with Gasteiger partial charge < -0.3 is 15.2 Å². The Kier molecular flexibility index (Phi) is 5.46. The molecule has 23 heavy (non-hydrogen) atoms. The molecule has 0 aliphatic rings. The van der Waals surface area contributed by atoms with Crippen molar-refractivity contribution in [1.82, 2.24) is 0 Å². The Morgan fingerprint density at radius 2 is 1.91 bits per heavy atom. The molecular formula is C17H16N2O4. The summed E-state index contributed by atoms with van der Waals surface area (Å²) < 4.78 is 5.09. The van der Waals surface area contributed by atoms with Crippen molar-refractivity contribution in [3.63, 3.8) is 0 Å². The van der Waals surface area contributed by atoms with Crippen LogP contribution in [0.25, 0.3) is 0 Å². The number of anilines is 1. The predicted molar refractivity (Wildman–Crippen MR) is 87.2 cm³/mol. The van der Waals surface area contributed by atoms with Gasteiger partial charge in [0.15, 0.2) is 0 Å². The molecule has 2 rings (SSSR count). The van der Waals surface area contributed by atoms with Crippen LogP contribution >= 0.6 is 0 Å². The maximum atomic E-state index is 12.1. The average molecular weight is 312 g/mol. The van der Waals surface area contributed by atoms with Gasteiger partial charge in [0, 0.05) is 12.1 Å². The van der Waals surface area contributed by atoms with E-state index in [1.807, 2.05) is 0 Å². The molecule has 1 amide bonds. The largest absolute Gasteiger partial charge is 0.509 e. The maximum absolute atomic E-state index is 12.1. The van der Waals surface area contributed by atoms with Crippen molar-refractivity contribution >= 4 is 11.6 Å². The summed E-state index contributed by atoms with van der Waals surface area (Å²) in [4.78, 5) is 23.0. The summed E-state index contributed by atoms with van der Waals surface area (Å²) in [5.74, 6) is -0.544. The minimum atomic E-state index is -0.758. The summed E-state index contributed by atoms with van der Waals surface area (Å²) in [6, 6.07) is 15.6. The SMILES string of the molecule is COc1cccc(C/C(O)=C(\N=O)C(=O)Nc2ccccc2)c1. The van der Waals surface area contributed by atoms with Crippen LogP contribution in [0.5, 0.6) is 5.75 Å². The molecule has 0 aliphatic carbocycles. The monoisotopic (exact) mass is 312 g/mol. The standard InChI is InChI=1S/C17H16N2O4/c1-23-14-9-5-6-12(10-14)11-15(20)16(19-22)17(21)18-13-7-3-2-4-8-13/h2-10,20H,11H2,1H3,(H,18,21)/b16-15+. The van der Waals surface area contributed by atoms with Crippen LogP contribution in [-0.2, 0) is 11.2 Å². The van der Waals surface area contributed by atoms with Crippen LogP contribution in [0, 0.1) is 4.91 Å². The van der Waals surface area contributed by atoms with E-state index in [-0.39, 0.29) is 6.42 Å². The van der Waals surface area contributed by atoms with Gasteiger partial charge in [0.25, 0.3) is 5.91 Å². The zero-order chi connectivity index (χ0) is 16.7. The molecule has 0 radical (unpaired) electrons. The number of nitrogens with zero attached hydrogens (tertiary/aromatic N) is 1. The van der Waals surface area contributed by atoms with Crippen LogP contribution in [-0.4, -0.2) is 18.1 Å². The van der Waals surface area contributed by atoms with E-state index in [9.17, 15) is 14.8 Å².